The maximum atomic E-state index is 12.2. The van der Waals surface area contributed by atoms with Gasteiger partial charge in [-0.25, -0.2) is 4.98 Å². The molecule has 1 aromatic heterocycles. The molecular weight excluding hydrogens is 318 g/mol. The maximum absolute atomic E-state index is 12.2. The van der Waals surface area contributed by atoms with E-state index in [9.17, 15) is 9.59 Å². The predicted octanol–water partition coefficient (Wildman–Crippen LogP) is 2.62. The lowest BCUT2D eigenvalue weighted by atomic mass is 9.96. The minimum Gasteiger partial charge on any atom is -0.466 e. The van der Waals surface area contributed by atoms with E-state index in [1.54, 1.807) is 6.92 Å². The Bertz CT molecular complexity index is 732. The molecule has 6 heteroatoms. The molecule has 25 heavy (non-hydrogen) atoms. The molecular formula is C19H25N3O3. The van der Waals surface area contributed by atoms with Gasteiger partial charge >= 0.3 is 5.97 Å². The van der Waals surface area contributed by atoms with Crippen LogP contribution < -0.4 is 0 Å². The minimum atomic E-state index is -0.294. The summed E-state index contributed by atoms with van der Waals surface area (Å²) in [4.78, 5) is 29.9. The number of aromatic nitrogens is 2. The molecule has 0 radical (unpaired) electrons. The molecule has 0 aliphatic carbocycles. The third-order valence-electron chi connectivity index (χ3n) is 4.80. The summed E-state index contributed by atoms with van der Waals surface area (Å²) in [5.41, 5.74) is 2.18. The molecule has 0 atom stereocenters. The average molecular weight is 343 g/mol. The van der Waals surface area contributed by atoms with Crippen molar-refractivity contribution in [3.63, 3.8) is 0 Å². The van der Waals surface area contributed by atoms with Crippen molar-refractivity contribution in [1.82, 2.24) is 14.5 Å². The quantitative estimate of drug-likeness (QED) is 0.756. The van der Waals surface area contributed by atoms with E-state index in [2.05, 4.69) is 15.6 Å². The number of esters is 1. The van der Waals surface area contributed by atoms with Crippen LogP contribution in [0.2, 0.25) is 0 Å². The summed E-state index contributed by atoms with van der Waals surface area (Å²) in [6.07, 6.45) is 4.29. The van der Waals surface area contributed by atoms with Gasteiger partial charge in [-0.2, -0.15) is 0 Å². The van der Waals surface area contributed by atoms with Gasteiger partial charge in [0.05, 0.1) is 30.4 Å². The Kier molecular flexibility index (Phi) is 5.68. The van der Waals surface area contributed by atoms with E-state index >= 15 is 0 Å². The van der Waals surface area contributed by atoms with Crippen LogP contribution in [0, 0.1) is 5.92 Å². The second-order valence-corrected chi connectivity index (χ2v) is 6.51. The molecule has 1 aliphatic heterocycles. The Labute approximate surface area is 147 Å². The number of likely N-dealkylation sites (tertiary alicyclic amines) is 1. The summed E-state index contributed by atoms with van der Waals surface area (Å²) in [6, 6.07) is 8.15. The summed E-state index contributed by atoms with van der Waals surface area (Å²) >= 11 is 0. The highest BCUT2D eigenvalue weighted by Gasteiger charge is 2.23. The lowest BCUT2D eigenvalue weighted by Gasteiger charge is -2.32. The normalized spacial score (nSPS) is 15.5. The predicted molar refractivity (Wildman–Crippen MR) is 94.9 cm³/mol. The van der Waals surface area contributed by atoms with Gasteiger partial charge in [0.15, 0.2) is 0 Å². The van der Waals surface area contributed by atoms with Gasteiger partial charge in [-0.15, -0.1) is 0 Å². The topological polar surface area (TPSA) is 64.4 Å². The highest BCUT2D eigenvalue weighted by atomic mass is 16.5. The van der Waals surface area contributed by atoms with Gasteiger partial charge in [-0.05, 0) is 37.8 Å². The third-order valence-corrected chi connectivity index (χ3v) is 4.80. The number of rotatable bonds is 6. The van der Waals surface area contributed by atoms with Crippen LogP contribution in [0.15, 0.2) is 30.6 Å². The number of benzene rings is 1. The van der Waals surface area contributed by atoms with Crippen molar-refractivity contribution in [1.29, 1.82) is 0 Å². The third kappa shape index (κ3) is 4.38. The van der Waals surface area contributed by atoms with Crippen LogP contribution in [0.25, 0.3) is 11.0 Å². The molecule has 134 valence electrons. The van der Waals surface area contributed by atoms with Gasteiger partial charge in [0.2, 0.25) is 5.91 Å². The molecule has 0 saturated carbocycles. The van der Waals surface area contributed by atoms with E-state index < -0.39 is 0 Å². The minimum absolute atomic E-state index is 0.0552. The molecule has 0 unspecified atom stereocenters. The van der Waals surface area contributed by atoms with Crippen LogP contribution in [0.5, 0.6) is 0 Å². The second-order valence-electron chi connectivity index (χ2n) is 6.51. The van der Waals surface area contributed by atoms with Gasteiger partial charge in [-0.1, -0.05) is 12.1 Å². The number of piperidine rings is 1. The first-order chi connectivity index (χ1) is 12.2. The van der Waals surface area contributed by atoms with Crippen LogP contribution >= 0.6 is 0 Å². The number of hydrogen-bond donors (Lipinski definition) is 0. The van der Waals surface area contributed by atoms with E-state index in [4.69, 9.17) is 4.74 Å². The average Bonchev–Trinajstić information content (AvgIpc) is 3.04. The molecule has 1 aromatic carbocycles. The Balaban J connectivity index is 1.47. The fourth-order valence-corrected chi connectivity index (χ4v) is 3.40. The Hall–Kier alpha value is -2.37. The van der Waals surface area contributed by atoms with E-state index in [1.807, 2.05) is 29.4 Å². The number of para-hydroxylation sites is 2. The van der Waals surface area contributed by atoms with Crippen LogP contribution in [0.1, 0.15) is 32.6 Å². The fraction of sp³-hybridized carbons (Fsp3) is 0.526. The molecule has 0 N–H and O–H groups in total. The van der Waals surface area contributed by atoms with E-state index in [0.29, 0.717) is 12.5 Å². The van der Waals surface area contributed by atoms with Gasteiger partial charge in [-0.3, -0.25) is 9.59 Å². The molecule has 6 nitrogen and oxygen atoms in total. The SMILES string of the molecule is CCOC(=O)CCC(=O)N1CCC(Cn2cnc3ccccc32)CC1. The van der Waals surface area contributed by atoms with Crippen molar-refractivity contribution in [2.24, 2.45) is 5.92 Å². The summed E-state index contributed by atoms with van der Waals surface area (Å²) < 4.78 is 7.08. The summed E-state index contributed by atoms with van der Waals surface area (Å²) in [7, 11) is 0. The summed E-state index contributed by atoms with van der Waals surface area (Å²) in [6.45, 7) is 4.60. The smallest absolute Gasteiger partial charge is 0.306 e. The van der Waals surface area contributed by atoms with Crippen molar-refractivity contribution in [2.75, 3.05) is 19.7 Å². The highest BCUT2D eigenvalue weighted by molar-refractivity contribution is 5.81. The number of fused-ring (bicyclic) bond motifs is 1. The number of hydrogen-bond acceptors (Lipinski definition) is 4. The van der Waals surface area contributed by atoms with E-state index in [0.717, 1.165) is 43.5 Å². The van der Waals surface area contributed by atoms with Crippen LogP contribution in [-0.4, -0.2) is 46.0 Å². The molecule has 0 spiro atoms. The molecule has 1 amide bonds. The summed E-state index contributed by atoms with van der Waals surface area (Å²) in [5.74, 6) is 0.309. The van der Waals surface area contributed by atoms with Gasteiger partial charge in [0.25, 0.3) is 0 Å². The highest BCUT2D eigenvalue weighted by Crippen LogP contribution is 2.22. The number of ether oxygens (including phenoxy) is 1. The van der Waals surface area contributed by atoms with Crippen molar-refractivity contribution < 1.29 is 14.3 Å². The van der Waals surface area contributed by atoms with Crippen molar-refractivity contribution >= 4 is 22.9 Å². The first kappa shape index (κ1) is 17.5. The largest absolute Gasteiger partial charge is 0.466 e. The van der Waals surface area contributed by atoms with Gasteiger partial charge in [0.1, 0.15) is 0 Å². The zero-order chi connectivity index (χ0) is 17.6. The molecule has 0 bridgehead atoms. The second kappa shape index (κ2) is 8.14. The van der Waals surface area contributed by atoms with Gasteiger partial charge < -0.3 is 14.2 Å². The number of carbonyl (C=O) groups is 2. The first-order valence-electron chi connectivity index (χ1n) is 9.00. The molecule has 1 fully saturated rings. The van der Waals surface area contributed by atoms with Gasteiger partial charge in [0, 0.05) is 26.1 Å². The molecule has 1 saturated heterocycles. The van der Waals surface area contributed by atoms with Crippen molar-refractivity contribution in [3.05, 3.63) is 30.6 Å². The monoisotopic (exact) mass is 343 g/mol. The van der Waals surface area contributed by atoms with E-state index in [1.165, 1.54) is 0 Å². The fourth-order valence-electron chi connectivity index (χ4n) is 3.40. The van der Waals surface area contributed by atoms with E-state index in [-0.39, 0.29) is 24.7 Å². The zero-order valence-corrected chi connectivity index (χ0v) is 14.7. The lowest BCUT2D eigenvalue weighted by molar-refractivity contribution is -0.146. The lowest BCUT2D eigenvalue weighted by Crippen LogP contribution is -2.39. The number of nitrogens with zero attached hydrogens (tertiary/aromatic N) is 3. The van der Waals surface area contributed by atoms with Crippen molar-refractivity contribution in [2.45, 2.75) is 39.2 Å². The van der Waals surface area contributed by atoms with Crippen LogP contribution in [0.4, 0.5) is 0 Å². The molecule has 2 aromatic rings. The number of imidazole rings is 1. The molecule has 1 aliphatic rings. The number of amides is 1. The number of carbonyl (C=O) groups excluding carboxylic acids is 2. The zero-order valence-electron chi connectivity index (χ0n) is 14.7. The molecule has 3 rings (SSSR count). The van der Waals surface area contributed by atoms with Crippen LogP contribution in [-0.2, 0) is 20.9 Å². The van der Waals surface area contributed by atoms with Crippen molar-refractivity contribution in [3.8, 4) is 0 Å². The molecule has 2 heterocycles. The standard InChI is InChI=1S/C19H25N3O3/c1-2-25-19(24)8-7-18(23)21-11-9-15(10-12-21)13-22-14-20-16-5-3-4-6-17(16)22/h3-6,14-15H,2,7-13H2,1H3. The summed E-state index contributed by atoms with van der Waals surface area (Å²) in [5, 5.41) is 0. The Morgan fingerprint density at radius 3 is 2.72 bits per heavy atom. The Morgan fingerprint density at radius 1 is 1.20 bits per heavy atom. The van der Waals surface area contributed by atoms with Crippen LogP contribution in [0.3, 0.4) is 0 Å². The first-order valence-corrected chi connectivity index (χ1v) is 9.00. The maximum Gasteiger partial charge on any atom is 0.306 e. The Morgan fingerprint density at radius 2 is 1.96 bits per heavy atom.